The van der Waals surface area contributed by atoms with E-state index in [0.717, 1.165) is 5.56 Å². The zero-order chi connectivity index (χ0) is 21.7. The Labute approximate surface area is 176 Å². The maximum atomic E-state index is 13.9. The third-order valence-corrected chi connectivity index (χ3v) is 6.87. The molecule has 0 unspecified atom stereocenters. The fraction of sp³-hybridized carbons (Fsp3) is 0.381. The van der Waals surface area contributed by atoms with Crippen LogP contribution in [0.5, 0.6) is 5.75 Å². The highest BCUT2D eigenvalue weighted by atomic mass is 32.2. The molecule has 0 saturated carbocycles. The molecule has 2 aromatic carbocycles. The number of hydrogen-bond acceptors (Lipinski definition) is 6. The fourth-order valence-corrected chi connectivity index (χ4v) is 4.74. The molecule has 0 bridgehead atoms. The van der Waals surface area contributed by atoms with Gasteiger partial charge in [0.2, 0.25) is 10.0 Å². The molecule has 162 valence electrons. The van der Waals surface area contributed by atoms with Crippen LogP contribution in [0.2, 0.25) is 0 Å². The molecule has 30 heavy (non-hydrogen) atoms. The first-order valence-corrected chi connectivity index (χ1v) is 11.1. The van der Waals surface area contributed by atoms with Gasteiger partial charge in [0.25, 0.3) is 0 Å². The number of sulfonamides is 1. The van der Waals surface area contributed by atoms with E-state index in [-0.39, 0.29) is 17.3 Å². The third-order valence-electron chi connectivity index (χ3n) is 4.96. The van der Waals surface area contributed by atoms with Crippen molar-refractivity contribution in [1.82, 2.24) is 9.21 Å². The van der Waals surface area contributed by atoms with Gasteiger partial charge in [0, 0.05) is 32.7 Å². The molecule has 1 aliphatic heterocycles. The van der Waals surface area contributed by atoms with E-state index in [0.29, 0.717) is 38.3 Å². The van der Waals surface area contributed by atoms with Gasteiger partial charge in [-0.05, 0) is 48.9 Å². The van der Waals surface area contributed by atoms with E-state index >= 15 is 0 Å². The molecule has 1 saturated heterocycles. The maximum absolute atomic E-state index is 13.9. The molecular weight excluding hydrogens is 411 g/mol. The van der Waals surface area contributed by atoms with E-state index in [2.05, 4.69) is 4.90 Å². The van der Waals surface area contributed by atoms with Gasteiger partial charge in [0.1, 0.15) is 0 Å². The number of ether oxygens (including phenoxy) is 2. The summed E-state index contributed by atoms with van der Waals surface area (Å²) in [6.07, 6.45) is 0. The number of piperazine rings is 1. The molecule has 0 radical (unpaired) electrons. The van der Waals surface area contributed by atoms with Crippen molar-refractivity contribution in [3.05, 3.63) is 59.4 Å². The first-order valence-electron chi connectivity index (χ1n) is 9.67. The van der Waals surface area contributed by atoms with Crippen LogP contribution in [0.25, 0.3) is 0 Å². The molecule has 3 rings (SSSR count). The summed E-state index contributed by atoms with van der Waals surface area (Å²) in [6.45, 7) is 4.24. The van der Waals surface area contributed by atoms with Crippen molar-refractivity contribution in [2.75, 3.05) is 39.9 Å². The topological polar surface area (TPSA) is 76.2 Å². The molecule has 1 fully saturated rings. The first kappa shape index (κ1) is 22.2. The van der Waals surface area contributed by atoms with E-state index in [1.165, 1.54) is 41.7 Å². The molecule has 7 nitrogen and oxygen atoms in total. The SMILES string of the molecule is CCOC(=O)c1ccc(S(=O)(=O)N2CCN(Cc3ccc(OC)c(F)c3)CC2)cc1. The van der Waals surface area contributed by atoms with Crippen LogP contribution >= 0.6 is 0 Å². The van der Waals surface area contributed by atoms with Crippen molar-refractivity contribution in [3.8, 4) is 5.75 Å². The van der Waals surface area contributed by atoms with Gasteiger partial charge in [-0.2, -0.15) is 4.31 Å². The lowest BCUT2D eigenvalue weighted by molar-refractivity contribution is 0.0526. The highest BCUT2D eigenvalue weighted by Gasteiger charge is 2.28. The second-order valence-electron chi connectivity index (χ2n) is 6.89. The van der Waals surface area contributed by atoms with Crippen molar-refractivity contribution >= 4 is 16.0 Å². The minimum atomic E-state index is -3.65. The van der Waals surface area contributed by atoms with E-state index < -0.39 is 21.8 Å². The highest BCUT2D eigenvalue weighted by molar-refractivity contribution is 7.89. The average Bonchev–Trinajstić information content (AvgIpc) is 2.74. The summed E-state index contributed by atoms with van der Waals surface area (Å²) in [5, 5.41) is 0. The Balaban J connectivity index is 1.61. The number of benzene rings is 2. The quantitative estimate of drug-likeness (QED) is 0.621. The second-order valence-corrected chi connectivity index (χ2v) is 8.83. The predicted octanol–water partition coefficient (Wildman–Crippen LogP) is 2.52. The Morgan fingerprint density at radius 2 is 1.73 bits per heavy atom. The summed E-state index contributed by atoms with van der Waals surface area (Å²) in [5.74, 6) is -0.698. The molecule has 0 N–H and O–H groups in total. The van der Waals surface area contributed by atoms with Crippen LogP contribution in [-0.4, -0.2) is 63.5 Å². The Kier molecular flexibility index (Phi) is 7.06. The van der Waals surface area contributed by atoms with Gasteiger partial charge < -0.3 is 9.47 Å². The number of esters is 1. The summed E-state index contributed by atoms with van der Waals surface area (Å²) in [7, 11) is -2.23. The van der Waals surface area contributed by atoms with Gasteiger partial charge in [-0.15, -0.1) is 0 Å². The van der Waals surface area contributed by atoms with Crippen molar-refractivity contribution < 1.29 is 27.1 Å². The highest BCUT2D eigenvalue weighted by Crippen LogP contribution is 2.21. The largest absolute Gasteiger partial charge is 0.494 e. The van der Waals surface area contributed by atoms with Gasteiger partial charge in [0.15, 0.2) is 11.6 Å². The summed E-state index contributed by atoms with van der Waals surface area (Å²) in [5.41, 5.74) is 1.12. The zero-order valence-electron chi connectivity index (χ0n) is 17.0. The van der Waals surface area contributed by atoms with Gasteiger partial charge >= 0.3 is 5.97 Å². The Morgan fingerprint density at radius 3 is 2.30 bits per heavy atom. The van der Waals surface area contributed by atoms with Gasteiger partial charge in [0.05, 0.1) is 24.2 Å². The smallest absolute Gasteiger partial charge is 0.338 e. The van der Waals surface area contributed by atoms with Crippen molar-refractivity contribution in [2.45, 2.75) is 18.4 Å². The zero-order valence-corrected chi connectivity index (χ0v) is 17.8. The molecule has 0 amide bonds. The van der Waals surface area contributed by atoms with E-state index in [1.807, 2.05) is 0 Å². The molecular formula is C21H25FN2O5S. The van der Waals surface area contributed by atoms with Crippen LogP contribution in [0.3, 0.4) is 0 Å². The van der Waals surface area contributed by atoms with Crippen molar-refractivity contribution in [3.63, 3.8) is 0 Å². The van der Waals surface area contributed by atoms with Gasteiger partial charge in [-0.25, -0.2) is 17.6 Å². The molecule has 0 spiro atoms. The van der Waals surface area contributed by atoms with Crippen LogP contribution in [-0.2, 0) is 21.3 Å². The number of methoxy groups -OCH3 is 1. The number of rotatable bonds is 7. The molecule has 0 aliphatic carbocycles. The molecule has 1 heterocycles. The Bertz CT molecular complexity index is 987. The average molecular weight is 437 g/mol. The van der Waals surface area contributed by atoms with Crippen molar-refractivity contribution in [1.29, 1.82) is 0 Å². The number of hydrogen-bond donors (Lipinski definition) is 0. The van der Waals surface area contributed by atoms with E-state index in [4.69, 9.17) is 9.47 Å². The van der Waals surface area contributed by atoms with Crippen LogP contribution in [0, 0.1) is 5.82 Å². The number of nitrogens with zero attached hydrogens (tertiary/aromatic N) is 2. The monoisotopic (exact) mass is 436 g/mol. The molecule has 1 aliphatic rings. The third kappa shape index (κ3) is 4.97. The lowest BCUT2D eigenvalue weighted by atomic mass is 10.2. The lowest BCUT2D eigenvalue weighted by Crippen LogP contribution is -2.48. The number of carbonyl (C=O) groups is 1. The maximum Gasteiger partial charge on any atom is 0.338 e. The minimum absolute atomic E-state index is 0.140. The molecule has 9 heteroatoms. The van der Waals surface area contributed by atoms with Crippen LogP contribution in [0.1, 0.15) is 22.8 Å². The van der Waals surface area contributed by atoms with Crippen LogP contribution < -0.4 is 4.74 Å². The Hall–Kier alpha value is -2.49. The van der Waals surface area contributed by atoms with E-state index in [1.54, 1.807) is 19.1 Å². The summed E-state index contributed by atoms with van der Waals surface area (Å²) in [6, 6.07) is 10.6. The molecule has 2 aromatic rings. The van der Waals surface area contributed by atoms with E-state index in [9.17, 15) is 17.6 Å². The standard InChI is InChI=1S/C21H25FN2O5S/c1-3-29-21(25)17-5-7-18(8-6-17)30(26,27)24-12-10-23(11-13-24)15-16-4-9-20(28-2)19(22)14-16/h4-9,14H,3,10-13,15H2,1-2H3. The van der Waals surface area contributed by atoms with Crippen molar-refractivity contribution in [2.24, 2.45) is 0 Å². The first-order chi connectivity index (χ1) is 14.3. The lowest BCUT2D eigenvalue weighted by Gasteiger charge is -2.34. The summed E-state index contributed by atoms with van der Waals surface area (Å²) >= 11 is 0. The fourth-order valence-electron chi connectivity index (χ4n) is 3.32. The van der Waals surface area contributed by atoms with Crippen LogP contribution in [0.4, 0.5) is 4.39 Å². The molecule has 0 aromatic heterocycles. The minimum Gasteiger partial charge on any atom is -0.494 e. The normalized spacial score (nSPS) is 15.7. The number of carbonyl (C=O) groups excluding carboxylic acids is 1. The number of halogens is 1. The second kappa shape index (κ2) is 9.55. The predicted molar refractivity (Wildman–Crippen MR) is 109 cm³/mol. The molecule has 0 atom stereocenters. The Morgan fingerprint density at radius 1 is 1.07 bits per heavy atom. The summed E-state index contributed by atoms with van der Waals surface area (Å²) < 4.78 is 50.9. The van der Waals surface area contributed by atoms with Gasteiger partial charge in [-0.1, -0.05) is 6.07 Å². The van der Waals surface area contributed by atoms with Gasteiger partial charge in [-0.3, -0.25) is 4.90 Å². The summed E-state index contributed by atoms with van der Waals surface area (Å²) in [4.78, 5) is 14.0. The van der Waals surface area contributed by atoms with Crippen LogP contribution in [0.15, 0.2) is 47.4 Å².